The normalized spacial score (nSPS) is 19.0. The summed E-state index contributed by atoms with van der Waals surface area (Å²) < 4.78 is 0. The Bertz CT molecular complexity index is 416. The Kier molecular flexibility index (Phi) is 3.82. The van der Waals surface area contributed by atoms with Crippen LogP contribution in [0.25, 0.3) is 0 Å². The molecule has 1 saturated carbocycles. The van der Waals surface area contributed by atoms with Gasteiger partial charge in [0.2, 0.25) is 0 Å². The molecule has 1 aromatic rings. The topological polar surface area (TPSA) is 12.0 Å². The predicted octanol–water partition coefficient (Wildman–Crippen LogP) is 4.39. The van der Waals surface area contributed by atoms with E-state index >= 15 is 0 Å². The number of nitrogens with one attached hydrogen (secondary N) is 1. The van der Waals surface area contributed by atoms with Crippen molar-refractivity contribution in [3.8, 4) is 0 Å². The quantitative estimate of drug-likeness (QED) is 0.811. The van der Waals surface area contributed by atoms with Crippen LogP contribution in [-0.4, -0.2) is 6.54 Å². The molecule has 0 bridgehead atoms. The maximum Gasteiger partial charge on any atom is 0.0294 e. The molecule has 1 fully saturated rings. The molecule has 1 nitrogen and oxygen atoms in total. The molecule has 0 aromatic heterocycles. The van der Waals surface area contributed by atoms with Gasteiger partial charge in [0.15, 0.2) is 0 Å². The molecule has 1 aliphatic carbocycles. The van der Waals surface area contributed by atoms with Crippen molar-refractivity contribution in [3.63, 3.8) is 0 Å². The summed E-state index contributed by atoms with van der Waals surface area (Å²) in [4.78, 5) is 0. The van der Waals surface area contributed by atoms with Crippen LogP contribution in [0.4, 0.5) is 0 Å². The second-order valence-corrected chi connectivity index (χ2v) is 6.48. The molecular weight excluding hydrogens is 218 g/mol. The van der Waals surface area contributed by atoms with Crippen LogP contribution in [0.15, 0.2) is 18.2 Å². The molecule has 0 spiro atoms. The Labute approximate surface area is 112 Å². The molecule has 1 heteroatoms. The Balaban J connectivity index is 2.00. The zero-order chi connectivity index (χ0) is 13.3. The van der Waals surface area contributed by atoms with E-state index in [-0.39, 0.29) is 0 Å². The summed E-state index contributed by atoms with van der Waals surface area (Å²) >= 11 is 0. The van der Waals surface area contributed by atoms with Crippen LogP contribution < -0.4 is 5.32 Å². The molecule has 1 unspecified atom stereocenters. The van der Waals surface area contributed by atoms with Crippen LogP contribution in [0.5, 0.6) is 0 Å². The highest BCUT2D eigenvalue weighted by molar-refractivity contribution is 5.32. The van der Waals surface area contributed by atoms with Crippen molar-refractivity contribution in [2.24, 2.45) is 11.3 Å². The summed E-state index contributed by atoms with van der Waals surface area (Å²) in [7, 11) is 0. The van der Waals surface area contributed by atoms with Gasteiger partial charge in [-0.05, 0) is 56.1 Å². The van der Waals surface area contributed by atoms with Gasteiger partial charge in [-0.2, -0.15) is 0 Å². The van der Waals surface area contributed by atoms with Crippen LogP contribution in [0, 0.1) is 25.2 Å². The van der Waals surface area contributed by atoms with Crippen molar-refractivity contribution in [1.29, 1.82) is 0 Å². The number of hydrogen-bond acceptors (Lipinski definition) is 1. The van der Waals surface area contributed by atoms with Gasteiger partial charge >= 0.3 is 0 Å². The molecule has 0 radical (unpaired) electrons. The largest absolute Gasteiger partial charge is 0.310 e. The van der Waals surface area contributed by atoms with E-state index < -0.39 is 0 Å². The number of rotatable bonds is 5. The zero-order valence-corrected chi connectivity index (χ0v) is 12.5. The molecule has 1 aromatic carbocycles. The number of hydrogen-bond donors (Lipinski definition) is 1. The molecule has 0 amide bonds. The molecule has 0 saturated heterocycles. The highest BCUT2D eigenvalue weighted by Gasteiger charge is 2.44. The van der Waals surface area contributed by atoms with Crippen LogP contribution in [0.2, 0.25) is 0 Å². The third-order valence-corrected chi connectivity index (χ3v) is 4.78. The molecule has 18 heavy (non-hydrogen) atoms. The average molecular weight is 245 g/mol. The Morgan fingerprint density at radius 3 is 2.39 bits per heavy atom. The highest BCUT2D eigenvalue weighted by Crippen LogP contribution is 2.51. The lowest BCUT2D eigenvalue weighted by atomic mass is 9.91. The predicted molar refractivity (Wildman–Crippen MR) is 78.8 cm³/mol. The van der Waals surface area contributed by atoms with Gasteiger partial charge in [0, 0.05) is 12.6 Å². The molecule has 1 N–H and O–H groups in total. The van der Waals surface area contributed by atoms with Gasteiger partial charge in [-0.15, -0.1) is 0 Å². The number of benzene rings is 1. The lowest BCUT2D eigenvalue weighted by molar-refractivity contribution is 0.325. The third-order valence-electron chi connectivity index (χ3n) is 4.78. The first-order chi connectivity index (χ1) is 8.44. The van der Waals surface area contributed by atoms with Crippen LogP contribution in [-0.2, 0) is 0 Å². The maximum atomic E-state index is 3.75. The first-order valence-corrected chi connectivity index (χ1v) is 7.25. The van der Waals surface area contributed by atoms with Gasteiger partial charge < -0.3 is 5.32 Å². The minimum atomic E-state index is 0.459. The fourth-order valence-electron chi connectivity index (χ4n) is 2.81. The molecule has 1 aliphatic rings. The SMILES string of the molecule is Cc1ccc(C)c(C(C)NCC2(C(C)C)CC2)c1. The lowest BCUT2D eigenvalue weighted by Crippen LogP contribution is -2.30. The second kappa shape index (κ2) is 5.05. The van der Waals surface area contributed by atoms with Crippen LogP contribution in [0.1, 0.15) is 56.3 Å². The zero-order valence-electron chi connectivity index (χ0n) is 12.5. The summed E-state index contributed by atoms with van der Waals surface area (Å²) in [6.45, 7) is 12.6. The Hall–Kier alpha value is -0.820. The average Bonchev–Trinajstić information content (AvgIpc) is 3.10. The van der Waals surface area contributed by atoms with Crippen molar-refractivity contribution in [2.45, 2.75) is 53.5 Å². The van der Waals surface area contributed by atoms with E-state index in [0.29, 0.717) is 11.5 Å². The van der Waals surface area contributed by atoms with E-state index in [0.717, 1.165) is 5.92 Å². The second-order valence-electron chi connectivity index (χ2n) is 6.48. The van der Waals surface area contributed by atoms with Gasteiger partial charge in [0.25, 0.3) is 0 Å². The van der Waals surface area contributed by atoms with Crippen molar-refractivity contribution in [2.75, 3.05) is 6.54 Å². The van der Waals surface area contributed by atoms with Crippen molar-refractivity contribution >= 4 is 0 Å². The fraction of sp³-hybridized carbons (Fsp3) is 0.647. The Morgan fingerprint density at radius 2 is 1.83 bits per heavy atom. The minimum absolute atomic E-state index is 0.459. The smallest absolute Gasteiger partial charge is 0.0294 e. The molecule has 100 valence electrons. The first-order valence-electron chi connectivity index (χ1n) is 7.25. The van der Waals surface area contributed by atoms with E-state index in [2.05, 4.69) is 58.1 Å². The van der Waals surface area contributed by atoms with Crippen molar-refractivity contribution in [1.82, 2.24) is 5.32 Å². The summed E-state index contributed by atoms with van der Waals surface area (Å²) in [6.07, 6.45) is 2.80. The van der Waals surface area contributed by atoms with Gasteiger partial charge in [0.05, 0.1) is 0 Å². The minimum Gasteiger partial charge on any atom is -0.310 e. The first kappa shape index (κ1) is 13.6. The van der Waals surface area contributed by atoms with E-state index in [9.17, 15) is 0 Å². The highest BCUT2D eigenvalue weighted by atomic mass is 14.9. The summed E-state index contributed by atoms with van der Waals surface area (Å²) in [6, 6.07) is 7.21. The van der Waals surface area contributed by atoms with Gasteiger partial charge in [-0.3, -0.25) is 0 Å². The molecule has 0 aliphatic heterocycles. The third kappa shape index (κ3) is 2.77. The molecule has 2 rings (SSSR count). The summed E-state index contributed by atoms with van der Waals surface area (Å²) in [5, 5.41) is 3.75. The molecule has 0 heterocycles. The summed E-state index contributed by atoms with van der Waals surface area (Å²) in [5.74, 6) is 0.802. The standard InChI is InChI=1S/C17H27N/c1-12(2)17(8-9-17)11-18-15(5)16-10-13(3)6-7-14(16)4/h6-7,10,12,15,18H,8-9,11H2,1-5H3. The van der Waals surface area contributed by atoms with Gasteiger partial charge in [-0.1, -0.05) is 37.6 Å². The van der Waals surface area contributed by atoms with Crippen molar-refractivity contribution < 1.29 is 0 Å². The Morgan fingerprint density at radius 1 is 1.17 bits per heavy atom. The lowest BCUT2D eigenvalue weighted by Gasteiger charge is -2.24. The fourth-order valence-corrected chi connectivity index (χ4v) is 2.81. The van der Waals surface area contributed by atoms with E-state index in [4.69, 9.17) is 0 Å². The number of aryl methyl sites for hydroxylation is 2. The van der Waals surface area contributed by atoms with Crippen LogP contribution >= 0.6 is 0 Å². The monoisotopic (exact) mass is 245 g/mol. The van der Waals surface area contributed by atoms with Crippen LogP contribution in [0.3, 0.4) is 0 Å². The molecular formula is C17H27N. The van der Waals surface area contributed by atoms with E-state index in [1.54, 1.807) is 0 Å². The maximum absolute atomic E-state index is 3.75. The van der Waals surface area contributed by atoms with E-state index in [1.165, 1.54) is 36.1 Å². The van der Waals surface area contributed by atoms with Crippen molar-refractivity contribution in [3.05, 3.63) is 34.9 Å². The van der Waals surface area contributed by atoms with Gasteiger partial charge in [0.1, 0.15) is 0 Å². The van der Waals surface area contributed by atoms with E-state index in [1.807, 2.05) is 0 Å². The summed E-state index contributed by atoms with van der Waals surface area (Å²) in [5.41, 5.74) is 4.80. The van der Waals surface area contributed by atoms with Gasteiger partial charge in [-0.25, -0.2) is 0 Å². The molecule has 1 atom stereocenters.